The molecule has 1 aliphatic rings. The van der Waals surface area contributed by atoms with Gasteiger partial charge in [0, 0.05) is 0 Å². The molecule has 0 aliphatic carbocycles. The van der Waals surface area contributed by atoms with Gasteiger partial charge in [-0.25, -0.2) is 8.78 Å². The lowest BCUT2D eigenvalue weighted by molar-refractivity contribution is -0.00754. The molecule has 0 amide bonds. The lowest BCUT2D eigenvalue weighted by Gasteiger charge is -2.24. The number of benzene rings is 1. The summed E-state index contributed by atoms with van der Waals surface area (Å²) in [7, 11) is 0. The number of nitrogens with zero attached hydrogens (tertiary/aromatic N) is 2. The van der Waals surface area contributed by atoms with E-state index in [4.69, 9.17) is 19.1 Å². The van der Waals surface area contributed by atoms with Crippen LogP contribution in [0.4, 0.5) is 8.78 Å². The van der Waals surface area contributed by atoms with Crippen LogP contribution in [0.3, 0.4) is 0 Å². The number of aromatic nitrogens is 2. The van der Waals surface area contributed by atoms with E-state index in [-0.39, 0.29) is 18.3 Å². The number of aliphatic hydroxyl groups excluding tert-OH is 1. The molecule has 0 bridgehead atoms. The van der Waals surface area contributed by atoms with Gasteiger partial charge in [0.1, 0.15) is 12.7 Å². The number of para-hydroxylation sites is 2. The first-order valence-corrected chi connectivity index (χ1v) is 6.30. The van der Waals surface area contributed by atoms with Crippen molar-refractivity contribution < 1.29 is 27.9 Å². The molecule has 2 unspecified atom stereocenters. The summed E-state index contributed by atoms with van der Waals surface area (Å²) >= 11 is 0. The van der Waals surface area contributed by atoms with Crippen molar-refractivity contribution in [2.45, 2.75) is 25.1 Å². The van der Waals surface area contributed by atoms with Gasteiger partial charge in [-0.2, -0.15) is 4.98 Å². The third-order valence-electron chi connectivity index (χ3n) is 2.95. The second kappa shape index (κ2) is 5.65. The predicted octanol–water partition coefficient (Wildman–Crippen LogP) is 1.75. The van der Waals surface area contributed by atoms with Gasteiger partial charge in [-0.15, -0.1) is 0 Å². The van der Waals surface area contributed by atoms with Gasteiger partial charge in [-0.1, -0.05) is 17.3 Å². The molecular formula is C13H12F2N2O4. The Labute approximate surface area is 118 Å². The Bertz CT molecular complexity index is 620. The Morgan fingerprint density at radius 1 is 1.29 bits per heavy atom. The van der Waals surface area contributed by atoms with Gasteiger partial charge in [0.15, 0.2) is 17.6 Å². The molecule has 21 heavy (non-hydrogen) atoms. The van der Waals surface area contributed by atoms with E-state index >= 15 is 0 Å². The molecule has 0 spiro atoms. The smallest absolute Gasteiger partial charge is 0.264 e. The van der Waals surface area contributed by atoms with Crippen LogP contribution >= 0.6 is 0 Å². The average molecular weight is 298 g/mol. The van der Waals surface area contributed by atoms with Crippen LogP contribution in [-0.2, 0) is 6.42 Å². The zero-order valence-electron chi connectivity index (χ0n) is 10.8. The lowest BCUT2D eigenvalue weighted by Crippen LogP contribution is -2.23. The van der Waals surface area contributed by atoms with Crippen LogP contribution in [0.5, 0.6) is 11.5 Å². The minimum Gasteiger partial charge on any atom is -0.485 e. The van der Waals surface area contributed by atoms with E-state index in [1.165, 1.54) is 0 Å². The number of alkyl halides is 2. The molecule has 3 rings (SSSR count). The molecule has 0 saturated carbocycles. The highest BCUT2D eigenvalue weighted by Gasteiger charge is 2.28. The Morgan fingerprint density at radius 3 is 2.81 bits per heavy atom. The van der Waals surface area contributed by atoms with Crippen LogP contribution in [0.15, 0.2) is 28.8 Å². The molecule has 2 heterocycles. The van der Waals surface area contributed by atoms with Crippen molar-refractivity contribution in [2.24, 2.45) is 0 Å². The monoisotopic (exact) mass is 298 g/mol. The summed E-state index contributed by atoms with van der Waals surface area (Å²) < 4.78 is 40.5. The molecule has 1 N–H and O–H groups in total. The third-order valence-corrected chi connectivity index (χ3v) is 2.95. The molecule has 2 aromatic rings. The highest BCUT2D eigenvalue weighted by Crippen LogP contribution is 2.35. The van der Waals surface area contributed by atoms with E-state index in [0.29, 0.717) is 11.5 Å². The Hall–Kier alpha value is -2.22. The van der Waals surface area contributed by atoms with E-state index < -0.39 is 25.1 Å². The summed E-state index contributed by atoms with van der Waals surface area (Å²) in [4.78, 5) is 3.95. The van der Waals surface area contributed by atoms with Gasteiger partial charge in [0.25, 0.3) is 6.43 Å². The van der Waals surface area contributed by atoms with Gasteiger partial charge in [0.2, 0.25) is 11.7 Å². The van der Waals surface area contributed by atoms with Gasteiger partial charge in [-0.3, -0.25) is 0 Å². The Kier molecular flexibility index (Phi) is 3.70. The van der Waals surface area contributed by atoms with Crippen LogP contribution in [0, 0.1) is 0 Å². The maximum Gasteiger partial charge on any atom is 0.264 e. The molecular weight excluding hydrogens is 286 g/mol. The molecule has 0 fully saturated rings. The van der Waals surface area contributed by atoms with E-state index in [9.17, 15) is 8.78 Å². The molecule has 0 radical (unpaired) electrons. The standard InChI is InChI=1S/C13H12F2N2O4/c14-12(15)7(18)5-11-16-13(17-21-11)10-6-19-8-3-1-2-4-9(8)20-10/h1-4,7,10,12,18H,5-6H2. The van der Waals surface area contributed by atoms with Crippen molar-refractivity contribution in [3.63, 3.8) is 0 Å². The number of hydrogen-bond donors (Lipinski definition) is 1. The molecule has 6 nitrogen and oxygen atoms in total. The summed E-state index contributed by atoms with van der Waals surface area (Å²) in [6, 6.07) is 7.13. The number of ether oxygens (including phenoxy) is 2. The number of halogens is 2. The highest BCUT2D eigenvalue weighted by molar-refractivity contribution is 5.40. The number of rotatable bonds is 4. The molecule has 8 heteroatoms. The first-order chi connectivity index (χ1) is 10.1. The molecule has 1 aromatic heterocycles. The highest BCUT2D eigenvalue weighted by atomic mass is 19.3. The van der Waals surface area contributed by atoms with E-state index in [1.807, 2.05) is 6.07 Å². The fraction of sp³-hybridized carbons (Fsp3) is 0.385. The maximum atomic E-state index is 12.3. The normalized spacial score (nSPS) is 18.8. The van der Waals surface area contributed by atoms with Crippen molar-refractivity contribution >= 4 is 0 Å². The minimum atomic E-state index is -2.86. The topological polar surface area (TPSA) is 77.6 Å². The van der Waals surface area contributed by atoms with Crippen LogP contribution in [0.2, 0.25) is 0 Å². The second-order valence-corrected chi connectivity index (χ2v) is 4.52. The SMILES string of the molecule is OC(Cc1nc(C2COc3ccccc3O2)no1)C(F)F. The second-order valence-electron chi connectivity index (χ2n) is 4.52. The fourth-order valence-corrected chi connectivity index (χ4v) is 1.90. The van der Waals surface area contributed by atoms with Crippen LogP contribution in [0.1, 0.15) is 17.8 Å². The van der Waals surface area contributed by atoms with Crippen molar-refractivity contribution in [3.05, 3.63) is 36.0 Å². The van der Waals surface area contributed by atoms with Crippen LogP contribution < -0.4 is 9.47 Å². The van der Waals surface area contributed by atoms with Gasteiger partial charge >= 0.3 is 0 Å². The quantitative estimate of drug-likeness (QED) is 0.926. The lowest BCUT2D eigenvalue weighted by atomic mass is 10.2. The van der Waals surface area contributed by atoms with Crippen molar-refractivity contribution in [1.82, 2.24) is 10.1 Å². The number of fused-ring (bicyclic) bond motifs is 1. The first kappa shape index (κ1) is 13.7. The number of hydrogen-bond acceptors (Lipinski definition) is 6. The molecule has 1 aliphatic heterocycles. The van der Waals surface area contributed by atoms with Gasteiger partial charge < -0.3 is 19.1 Å². The summed E-state index contributed by atoms with van der Waals surface area (Å²) in [6.45, 7) is 0.188. The molecule has 1 aromatic carbocycles. The molecule has 2 atom stereocenters. The zero-order valence-corrected chi connectivity index (χ0v) is 10.8. The Balaban J connectivity index is 1.70. The molecule has 112 valence electrons. The van der Waals surface area contributed by atoms with E-state index in [0.717, 1.165) is 0 Å². The van der Waals surface area contributed by atoms with E-state index in [1.54, 1.807) is 18.2 Å². The first-order valence-electron chi connectivity index (χ1n) is 6.30. The summed E-state index contributed by atoms with van der Waals surface area (Å²) in [6.07, 6.45) is -5.68. The largest absolute Gasteiger partial charge is 0.485 e. The summed E-state index contributed by atoms with van der Waals surface area (Å²) in [5.41, 5.74) is 0. The zero-order chi connectivity index (χ0) is 14.8. The van der Waals surface area contributed by atoms with Gasteiger partial charge in [-0.05, 0) is 12.1 Å². The average Bonchev–Trinajstić information content (AvgIpc) is 2.95. The van der Waals surface area contributed by atoms with Crippen LogP contribution in [0.25, 0.3) is 0 Å². The minimum absolute atomic E-state index is 0.0692. The van der Waals surface area contributed by atoms with Crippen molar-refractivity contribution in [2.75, 3.05) is 6.61 Å². The maximum absolute atomic E-state index is 12.3. The van der Waals surface area contributed by atoms with Crippen LogP contribution in [-0.4, -0.2) is 34.4 Å². The Morgan fingerprint density at radius 2 is 2.05 bits per heavy atom. The number of aliphatic hydroxyl groups is 1. The van der Waals surface area contributed by atoms with Crippen molar-refractivity contribution in [1.29, 1.82) is 0 Å². The van der Waals surface area contributed by atoms with E-state index in [2.05, 4.69) is 10.1 Å². The van der Waals surface area contributed by atoms with Crippen molar-refractivity contribution in [3.8, 4) is 11.5 Å². The summed E-state index contributed by atoms with van der Waals surface area (Å²) in [5.74, 6) is 1.29. The summed E-state index contributed by atoms with van der Waals surface area (Å²) in [5, 5.41) is 12.8. The molecule has 0 saturated heterocycles. The predicted molar refractivity (Wildman–Crippen MR) is 65.3 cm³/mol. The van der Waals surface area contributed by atoms with Gasteiger partial charge in [0.05, 0.1) is 6.42 Å². The third kappa shape index (κ3) is 2.94. The fourth-order valence-electron chi connectivity index (χ4n) is 1.90.